The third kappa shape index (κ3) is 4.35. The van der Waals surface area contributed by atoms with Crippen molar-refractivity contribution >= 4 is 32.8 Å². The molecular formula is C20H27N5O3S. The highest BCUT2D eigenvalue weighted by Crippen LogP contribution is 2.22. The first-order valence-corrected chi connectivity index (χ1v) is 12.0. The third-order valence-corrected chi connectivity index (χ3v) is 7.20. The lowest BCUT2D eigenvalue weighted by Crippen LogP contribution is -2.42. The Balaban J connectivity index is 1.48. The third-order valence-electron chi connectivity index (χ3n) is 5.90. The van der Waals surface area contributed by atoms with Crippen LogP contribution in [0.1, 0.15) is 43.0 Å². The van der Waals surface area contributed by atoms with Crippen LogP contribution in [-0.4, -0.2) is 71.5 Å². The van der Waals surface area contributed by atoms with Crippen molar-refractivity contribution in [3.05, 3.63) is 30.0 Å². The predicted octanol–water partition coefficient (Wildman–Crippen LogP) is 2.09. The van der Waals surface area contributed by atoms with Crippen LogP contribution in [0.15, 0.2) is 24.4 Å². The molecule has 2 aliphatic rings. The van der Waals surface area contributed by atoms with Gasteiger partial charge in [0.05, 0.1) is 11.8 Å². The predicted molar refractivity (Wildman–Crippen MR) is 112 cm³/mol. The molecule has 1 amide bonds. The zero-order valence-electron chi connectivity index (χ0n) is 16.8. The van der Waals surface area contributed by atoms with Gasteiger partial charge in [-0.3, -0.25) is 4.79 Å². The molecule has 0 saturated carbocycles. The van der Waals surface area contributed by atoms with Crippen molar-refractivity contribution in [2.75, 3.05) is 31.2 Å². The van der Waals surface area contributed by atoms with Gasteiger partial charge < -0.3 is 10.2 Å². The minimum Gasteiger partial charge on any atom is -0.351 e. The molecule has 2 aromatic rings. The number of fused-ring (bicyclic) bond motifs is 1. The lowest BCUT2D eigenvalue weighted by atomic mass is 10.1. The maximum absolute atomic E-state index is 12.8. The van der Waals surface area contributed by atoms with Crippen molar-refractivity contribution in [3.63, 3.8) is 0 Å². The van der Waals surface area contributed by atoms with Crippen molar-refractivity contribution < 1.29 is 13.2 Å². The Morgan fingerprint density at radius 3 is 2.59 bits per heavy atom. The average molecular weight is 418 g/mol. The molecule has 0 radical (unpaired) electrons. The van der Waals surface area contributed by atoms with Crippen molar-refractivity contribution in [2.45, 2.75) is 44.7 Å². The van der Waals surface area contributed by atoms with E-state index < -0.39 is 10.0 Å². The molecule has 4 rings (SSSR count). The number of likely N-dealkylation sites (tertiary alicyclic amines) is 1. The fourth-order valence-corrected chi connectivity index (χ4v) is 5.02. The molecular weight excluding hydrogens is 390 g/mol. The summed E-state index contributed by atoms with van der Waals surface area (Å²) in [6.45, 7) is 3.89. The normalized spacial score (nSPS) is 21.6. The molecule has 3 heterocycles. The summed E-state index contributed by atoms with van der Waals surface area (Å²) in [5.41, 5.74) is 1.38. The number of nitrogens with zero attached hydrogens (tertiary/aromatic N) is 4. The van der Waals surface area contributed by atoms with E-state index in [2.05, 4.69) is 22.2 Å². The van der Waals surface area contributed by atoms with Crippen LogP contribution in [-0.2, 0) is 10.0 Å². The van der Waals surface area contributed by atoms with E-state index in [1.54, 1.807) is 6.20 Å². The van der Waals surface area contributed by atoms with Gasteiger partial charge in [0, 0.05) is 48.9 Å². The minimum absolute atomic E-state index is 0.0539. The Morgan fingerprint density at radius 1 is 1.17 bits per heavy atom. The summed E-state index contributed by atoms with van der Waals surface area (Å²) in [6, 6.07) is 5.96. The molecule has 2 aliphatic heterocycles. The zero-order valence-corrected chi connectivity index (χ0v) is 17.7. The molecule has 156 valence electrons. The highest BCUT2D eigenvalue weighted by atomic mass is 32.2. The fourth-order valence-electron chi connectivity index (χ4n) is 4.14. The van der Waals surface area contributed by atoms with Crippen LogP contribution in [0.2, 0.25) is 0 Å². The Hall–Kier alpha value is -2.26. The van der Waals surface area contributed by atoms with Crippen LogP contribution in [0.25, 0.3) is 10.9 Å². The van der Waals surface area contributed by atoms with Gasteiger partial charge >= 0.3 is 0 Å². The summed E-state index contributed by atoms with van der Waals surface area (Å²) < 4.78 is 24.8. The number of sulfonamides is 1. The molecule has 8 nitrogen and oxygen atoms in total. The van der Waals surface area contributed by atoms with E-state index in [9.17, 15) is 13.2 Å². The SMILES string of the molecule is C[C@@H]1CCCN1C(=O)c1ccc2cnc(NC3CCN(S(C)(=O)=O)CC3)nc2c1. The van der Waals surface area contributed by atoms with Crippen LogP contribution >= 0.6 is 0 Å². The van der Waals surface area contributed by atoms with Crippen LogP contribution < -0.4 is 5.32 Å². The summed E-state index contributed by atoms with van der Waals surface area (Å²) in [6.07, 6.45) is 6.51. The number of nitrogens with one attached hydrogen (secondary N) is 1. The van der Waals surface area contributed by atoms with E-state index in [0.717, 1.165) is 30.3 Å². The van der Waals surface area contributed by atoms with Crippen molar-refractivity contribution in [2.24, 2.45) is 0 Å². The van der Waals surface area contributed by atoms with Gasteiger partial charge in [-0.15, -0.1) is 0 Å². The topological polar surface area (TPSA) is 95.5 Å². The quantitative estimate of drug-likeness (QED) is 0.818. The molecule has 0 aliphatic carbocycles. The first-order chi connectivity index (χ1) is 13.8. The molecule has 1 aromatic carbocycles. The molecule has 1 atom stereocenters. The first-order valence-electron chi connectivity index (χ1n) is 10.1. The maximum atomic E-state index is 12.8. The second-order valence-electron chi connectivity index (χ2n) is 8.04. The molecule has 0 spiro atoms. The molecule has 9 heteroatoms. The van der Waals surface area contributed by atoms with Crippen molar-refractivity contribution in [1.29, 1.82) is 0 Å². The van der Waals surface area contributed by atoms with E-state index in [-0.39, 0.29) is 18.0 Å². The first kappa shape index (κ1) is 20.0. The monoisotopic (exact) mass is 417 g/mol. The van der Waals surface area contributed by atoms with E-state index >= 15 is 0 Å². The van der Waals surface area contributed by atoms with Gasteiger partial charge in [-0.2, -0.15) is 0 Å². The number of aromatic nitrogens is 2. The number of piperidine rings is 1. The number of benzene rings is 1. The van der Waals surface area contributed by atoms with Gasteiger partial charge in [0.1, 0.15) is 0 Å². The number of anilines is 1. The lowest BCUT2D eigenvalue weighted by Gasteiger charge is -2.30. The summed E-state index contributed by atoms with van der Waals surface area (Å²) in [5, 5.41) is 4.20. The largest absolute Gasteiger partial charge is 0.351 e. The number of hydrogen-bond acceptors (Lipinski definition) is 6. The second-order valence-corrected chi connectivity index (χ2v) is 10.0. The van der Waals surface area contributed by atoms with Gasteiger partial charge in [-0.25, -0.2) is 22.7 Å². The van der Waals surface area contributed by atoms with Gasteiger partial charge in [-0.05, 0) is 44.7 Å². The lowest BCUT2D eigenvalue weighted by molar-refractivity contribution is 0.0747. The highest BCUT2D eigenvalue weighted by Gasteiger charge is 2.27. The Kier molecular flexibility index (Phi) is 5.44. The van der Waals surface area contributed by atoms with Gasteiger partial charge in [0.2, 0.25) is 16.0 Å². The van der Waals surface area contributed by atoms with Gasteiger partial charge in [-0.1, -0.05) is 6.07 Å². The van der Waals surface area contributed by atoms with E-state index in [4.69, 9.17) is 0 Å². The molecule has 0 unspecified atom stereocenters. The minimum atomic E-state index is -3.14. The molecule has 0 bridgehead atoms. The number of amides is 1. The Morgan fingerprint density at radius 2 is 1.93 bits per heavy atom. The van der Waals surface area contributed by atoms with E-state index in [1.807, 2.05) is 23.1 Å². The van der Waals surface area contributed by atoms with Crippen molar-refractivity contribution in [1.82, 2.24) is 19.2 Å². The molecule has 1 N–H and O–H groups in total. The maximum Gasteiger partial charge on any atom is 0.254 e. The smallest absolute Gasteiger partial charge is 0.254 e. The standard InChI is InChI=1S/C20H27N5O3S/c1-14-4-3-9-25(14)19(26)15-5-6-16-13-21-20(23-18(16)12-15)22-17-7-10-24(11-8-17)29(2,27)28/h5-6,12-14,17H,3-4,7-11H2,1-2H3,(H,21,22,23)/t14-/m1/s1. The van der Waals surface area contributed by atoms with Crippen molar-refractivity contribution in [3.8, 4) is 0 Å². The summed E-state index contributed by atoms with van der Waals surface area (Å²) in [5.74, 6) is 0.563. The molecule has 2 saturated heterocycles. The molecule has 29 heavy (non-hydrogen) atoms. The van der Waals surface area contributed by atoms with Gasteiger partial charge in [0.15, 0.2) is 0 Å². The van der Waals surface area contributed by atoms with Gasteiger partial charge in [0.25, 0.3) is 5.91 Å². The summed E-state index contributed by atoms with van der Waals surface area (Å²) >= 11 is 0. The van der Waals surface area contributed by atoms with Crippen LogP contribution in [0.4, 0.5) is 5.95 Å². The Bertz CT molecular complexity index is 1020. The van der Waals surface area contributed by atoms with E-state index in [1.165, 1.54) is 10.6 Å². The number of rotatable bonds is 4. The highest BCUT2D eigenvalue weighted by molar-refractivity contribution is 7.88. The number of hydrogen-bond donors (Lipinski definition) is 1. The number of carbonyl (C=O) groups excluding carboxylic acids is 1. The second kappa shape index (κ2) is 7.87. The van der Waals surface area contributed by atoms with Crippen LogP contribution in [0.3, 0.4) is 0 Å². The van der Waals surface area contributed by atoms with Crippen LogP contribution in [0, 0.1) is 0 Å². The average Bonchev–Trinajstić information content (AvgIpc) is 3.12. The summed E-state index contributed by atoms with van der Waals surface area (Å²) in [4.78, 5) is 23.7. The van der Waals surface area contributed by atoms with Crippen LogP contribution in [0.5, 0.6) is 0 Å². The molecule has 1 aromatic heterocycles. The number of carbonyl (C=O) groups is 1. The van der Waals surface area contributed by atoms with E-state index in [0.29, 0.717) is 37.4 Å². The molecule has 2 fully saturated rings. The Labute approximate surface area is 171 Å². The summed E-state index contributed by atoms with van der Waals surface area (Å²) in [7, 11) is -3.14. The zero-order chi connectivity index (χ0) is 20.6. The fraction of sp³-hybridized carbons (Fsp3) is 0.550.